The number of carboxylic acids is 3. The number of methoxy groups -OCH3 is 1. The van der Waals surface area contributed by atoms with Crippen LogP contribution in [-0.4, -0.2) is 87.3 Å². The molecule has 2 heterocycles. The Kier molecular flexibility index (Phi) is 9.85. The van der Waals surface area contributed by atoms with Crippen LogP contribution in [-0.2, 0) is 20.0 Å². The third-order valence-corrected chi connectivity index (χ3v) is 6.76. The molecule has 0 aromatic heterocycles. The number of benzene rings is 2. The van der Waals surface area contributed by atoms with Gasteiger partial charge in [0.2, 0.25) is 0 Å². The predicted molar refractivity (Wildman–Crippen MR) is 140 cm³/mol. The molecule has 216 valence electrons. The van der Waals surface area contributed by atoms with Gasteiger partial charge in [-0.15, -0.1) is 0 Å². The number of fused-ring (bicyclic) bond motifs is 1. The second-order valence-electron chi connectivity index (χ2n) is 9.76. The molecule has 0 radical (unpaired) electrons. The summed E-state index contributed by atoms with van der Waals surface area (Å²) in [5.74, 6) is -3.67. The number of nitrogens with zero attached hydrogens (tertiary/aromatic N) is 1. The number of carbonyl (C=O) groups is 3. The van der Waals surface area contributed by atoms with E-state index in [1.54, 1.807) is 25.3 Å². The largest absolute Gasteiger partial charge is 0.497 e. The van der Waals surface area contributed by atoms with Crippen LogP contribution in [0.1, 0.15) is 36.8 Å². The summed E-state index contributed by atoms with van der Waals surface area (Å²) >= 11 is 0. The maximum atomic E-state index is 14.1. The van der Waals surface area contributed by atoms with Crippen molar-refractivity contribution < 1.29 is 53.8 Å². The summed E-state index contributed by atoms with van der Waals surface area (Å²) in [5.41, 5.74) is -1.20. The number of aliphatic hydroxyl groups is 2. The predicted octanol–water partition coefficient (Wildman–Crippen LogP) is 2.35. The molecule has 0 atom stereocenters. The number of rotatable bonds is 9. The van der Waals surface area contributed by atoms with Gasteiger partial charge in [0.25, 0.3) is 0 Å². The average molecular weight is 562 g/mol. The van der Waals surface area contributed by atoms with Gasteiger partial charge in [0.15, 0.2) is 5.60 Å². The van der Waals surface area contributed by atoms with E-state index >= 15 is 0 Å². The monoisotopic (exact) mass is 561 g/mol. The molecule has 2 aromatic carbocycles. The van der Waals surface area contributed by atoms with Crippen LogP contribution in [0.25, 0.3) is 6.08 Å². The molecule has 0 unspecified atom stereocenters. The average Bonchev–Trinajstić information content (AvgIpc) is 2.89. The maximum Gasteiger partial charge on any atom is 0.336 e. The van der Waals surface area contributed by atoms with E-state index in [1.165, 1.54) is 11.6 Å². The zero-order valence-electron chi connectivity index (χ0n) is 21.9. The Morgan fingerprint density at radius 2 is 1.68 bits per heavy atom. The number of hydrogen-bond acceptors (Lipinski definition) is 8. The molecular weight excluding hydrogens is 529 g/mol. The molecule has 0 spiro atoms. The molecule has 1 saturated heterocycles. The summed E-state index contributed by atoms with van der Waals surface area (Å²) in [6.07, 6.45) is 0.904. The quantitative estimate of drug-likeness (QED) is 0.304. The number of carboxylic acid groups (broad SMARTS) is 3. The minimum absolute atomic E-state index is 0.331. The molecule has 0 bridgehead atoms. The molecular formula is C28H32FNO10. The van der Waals surface area contributed by atoms with Gasteiger partial charge in [-0.1, -0.05) is 18.2 Å². The third-order valence-electron chi connectivity index (χ3n) is 6.76. The Hall–Kier alpha value is -4.00. The van der Waals surface area contributed by atoms with E-state index in [2.05, 4.69) is 11.0 Å². The Balaban J connectivity index is 0.000000289. The number of hydrogen-bond donors (Lipinski definition) is 5. The molecule has 0 aliphatic carbocycles. The first kappa shape index (κ1) is 30.5. The van der Waals surface area contributed by atoms with Gasteiger partial charge >= 0.3 is 17.9 Å². The molecule has 0 saturated carbocycles. The highest BCUT2D eigenvalue weighted by molar-refractivity contribution is 5.88. The lowest BCUT2D eigenvalue weighted by Gasteiger charge is -2.39. The molecule has 11 nitrogen and oxygen atoms in total. The summed E-state index contributed by atoms with van der Waals surface area (Å²) in [4.78, 5) is 32.8. The van der Waals surface area contributed by atoms with Crippen molar-refractivity contribution in [2.75, 3.05) is 33.4 Å². The lowest BCUT2D eigenvalue weighted by atomic mass is 9.84. The van der Waals surface area contributed by atoms with Crippen LogP contribution in [0.4, 0.5) is 4.39 Å². The Morgan fingerprint density at radius 3 is 2.23 bits per heavy atom. The topological polar surface area (TPSA) is 174 Å². The SMILES string of the molecule is COc1ccc2c(c1)C=C(CN1CCC(O)(c3ccccc3F)CC1)CO2.O=C(O)CC(O)(CC(=O)O)C(=O)O. The van der Waals surface area contributed by atoms with Gasteiger partial charge in [-0.25, -0.2) is 9.18 Å². The highest BCUT2D eigenvalue weighted by Gasteiger charge is 2.41. The van der Waals surface area contributed by atoms with Crippen molar-refractivity contribution in [1.29, 1.82) is 0 Å². The van der Waals surface area contributed by atoms with Crippen LogP contribution < -0.4 is 9.47 Å². The minimum atomic E-state index is -2.74. The molecule has 1 fully saturated rings. The number of likely N-dealkylation sites (tertiary alicyclic amines) is 1. The molecule has 4 rings (SSSR count). The molecule has 2 aliphatic rings. The van der Waals surface area contributed by atoms with Crippen LogP contribution in [0.5, 0.6) is 11.5 Å². The summed E-state index contributed by atoms with van der Waals surface area (Å²) in [6, 6.07) is 12.3. The van der Waals surface area contributed by atoms with Crippen molar-refractivity contribution >= 4 is 24.0 Å². The van der Waals surface area contributed by atoms with Crippen molar-refractivity contribution in [3.8, 4) is 11.5 Å². The number of aliphatic carboxylic acids is 3. The van der Waals surface area contributed by atoms with Crippen LogP contribution in [0.3, 0.4) is 0 Å². The zero-order chi connectivity index (χ0) is 29.5. The van der Waals surface area contributed by atoms with E-state index in [9.17, 15) is 23.9 Å². The smallest absolute Gasteiger partial charge is 0.336 e. The summed E-state index contributed by atoms with van der Waals surface area (Å²) in [5, 5.41) is 44.7. The van der Waals surface area contributed by atoms with Crippen LogP contribution in [0.15, 0.2) is 48.0 Å². The summed E-state index contributed by atoms with van der Waals surface area (Å²) < 4.78 is 25.2. The van der Waals surface area contributed by atoms with Crippen molar-refractivity contribution in [2.24, 2.45) is 0 Å². The van der Waals surface area contributed by atoms with Gasteiger partial charge in [0.05, 0.1) is 25.6 Å². The molecule has 5 N–H and O–H groups in total. The van der Waals surface area contributed by atoms with Gasteiger partial charge in [-0.3, -0.25) is 14.5 Å². The summed E-state index contributed by atoms with van der Waals surface area (Å²) in [7, 11) is 1.65. The summed E-state index contributed by atoms with van der Waals surface area (Å²) in [6.45, 7) is 2.78. The fourth-order valence-electron chi connectivity index (χ4n) is 4.61. The lowest BCUT2D eigenvalue weighted by molar-refractivity contribution is -0.170. The van der Waals surface area contributed by atoms with E-state index in [-0.39, 0.29) is 5.82 Å². The van der Waals surface area contributed by atoms with Crippen LogP contribution in [0.2, 0.25) is 0 Å². The van der Waals surface area contributed by atoms with Gasteiger partial charge < -0.3 is 35.0 Å². The van der Waals surface area contributed by atoms with Gasteiger partial charge in [-0.2, -0.15) is 0 Å². The first-order valence-corrected chi connectivity index (χ1v) is 12.4. The van der Waals surface area contributed by atoms with E-state index in [0.29, 0.717) is 38.1 Å². The molecule has 12 heteroatoms. The Bertz CT molecular complexity index is 1250. The maximum absolute atomic E-state index is 14.1. The van der Waals surface area contributed by atoms with E-state index in [0.717, 1.165) is 23.6 Å². The zero-order valence-corrected chi connectivity index (χ0v) is 21.9. The Labute approximate surface area is 229 Å². The molecule has 40 heavy (non-hydrogen) atoms. The standard InChI is InChI=1S/C22H24FNO3.C6H8O7/c1-26-18-6-7-21-17(13-18)12-16(15-27-21)14-24-10-8-22(25,9-11-24)19-4-2-3-5-20(19)23;7-3(8)1-6(13,5(11)12)2-4(9)10/h2-7,12-13,25H,8-11,14-15H2,1H3;13H,1-2H2,(H,7,8)(H,9,10)(H,11,12). The fourth-order valence-corrected chi connectivity index (χ4v) is 4.61. The van der Waals surface area contributed by atoms with E-state index in [1.807, 2.05) is 18.2 Å². The van der Waals surface area contributed by atoms with Crippen molar-refractivity contribution in [1.82, 2.24) is 4.90 Å². The van der Waals surface area contributed by atoms with Crippen LogP contribution in [0, 0.1) is 5.82 Å². The normalized spacial score (nSPS) is 16.4. The second-order valence-corrected chi connectivity index (χ2v) is 9.76. The first-order valence-electron chi connectivity index (χ1n) is 12.4. The molecule has 2 aromatic rings. The van der Waals surface area contributed by atoms with E-state index < -0.39 is 42.0 Å². The number of piperidine rings is 1. The molecule has 0 amide bonds. The van der Waals surface area contributed by atoms with Crippen molar-refractivity contribution in [2.45, 2.75) is 36.9 Å². The van der Waals surface area contributed by atoms with Gasteiger partial charge in [0, 0.05) is 30.8 Å². The molecule has 2 aliphatic heterocycles. The van der Waals surface area contributed by atoms with Crippen LogP contribution >= 0.6 is 0 Å². The second kappa shape index (κ2) is 12.9. The van der Waals surface area contributed by atoms with Crippen molar-refractivity contribution in [3.05, 3.63) is 65.0 Å². The minimum Gasteiger partial charge on any atom is -0.497 e. The fraction of sp³-hybridized carbons (Fsp3) is 0.393. The third kappa shape index (κ3) is 7.78. The van der Waals surface area contributed by atoms with Gasteiger partial charge in [0.1, 0.15) is 23.9 Å². The Morgan fingerprint density at radius 1 is 1.05 bits per heavy atom. The lowest BCUT2D eigenvalue weighted by Crippen LogP contribution is -2.44. The van der Waals surface area contributed by atoms with Gasteiger partial charge in [-0.05, 0) is 48.8 Å². The first-order chi connectivity index (χ1) is 18.8. The number of ether oxygens (including phenoxy) is 2. The number of halogens is 1. The highest BCUT2D eigenvalue weighted by Crippen LogP contribution is 2.35. The van der Waals surface area contributed by atoms with E-state index in [4.69, 9.17) is 29.9 Å². The highest BCUT2D eigenvalue weighted by atomic mass is 19.1. The van der Waals surface area contributed by atoms with Crippen molar-refractivity contribution in [3.63, 3.8) is 0 Å².